The second-order valence-electron chi connectivity index (χ2n) is 5.20. The second-order valence-corrected chi connectivity index (χ2v) is 5.20. The molecule has 1 heterocycles. The molecule has 16 heavy (non-hydrogen) atoms. The Bertz CT molecular complexity index is 347. The van der Waals surface area contributed by atoms with Crippen LogP contribution in [0.5, 0.6) is 0 Å². The normalized spacial score (nSPS) is 28.2. The molecule has 88 valence electrons. The lowest BCUT2D eigenvalue weighted by molar-refractivity contribution is -0.146. The van der Waals surface area contributed by atoms with Crippen molar-refractivity contribution in [2.24, 2.45) is 5.73 Å². The summed E-state index contributed by atoms with van der Waals surface area (Å²) in [6, 6.07) is 0.456. The number of piperazine rings is 1. The minimum absolute atomic E-state index is 0.0312. The van der Waals surface area contributed by atoms with Crippen LogP contribution in [0.4, 0.5) is 0 Å². The highest BCUT2D eigenvalue weighted by Gasteiger charge is 2.49. The zero-order valence-corrected chi connectivity index (χ0v) is 9.32. The average molecular weight is 223 g/mol. The molecule has 3 fully saturated rings. The quantitative estimate of drug-likeness (QED) is 0.674. The Hall–Kier alpha value is -1.10. The molecule has 3 rings (SSSR count). The van der Waals surface area contributed by atoms with E-state index < -0.39 is 5.54 Å². The van der Waals surface area contributed by atoms with Gasteiger partial charge in [-0.05, 0) is 25.7 Å². The molecule has 0 aromatic heterocycles. The molecule has 1 saturated heterocycles. The summed E-state index contributed by atoms with van der Waals surface area (Å²) in [4.78, 5) is 27.3. The number of carbonyl (C=O) groups is 2. The Balaban J connectivity index is 1.63. The average Bonchev–Trinajstić information content (AvgIpc) is 3.12. The number of nitrogens with zero attached hydrogens (tertiary/aromatic N) is 2. The lowest BCUT2D eigenvalue weighted by atomic mass is 10.2. The maximum Gasteiger partial charge on any atom is 0.243 e. The lowest BCUT2D eigenvalue weighted by Crippen LogP contribution is -2.56. The molecule has 2 saturated carbocycles. The van der Waals surface area contributed by atoms with Gasteiger partial charge >= 0.3 is 0 Å². The first kappa shape index (κ1) is 10.1. The van der Waals surface area contributed by atoms with Crippen LogP contribution in [0, 0.1) is 0 Å². The van der Waals surface area contributed by atoms with Crippen molar-refractivity contribution in [3.05, 3.63) is 0 Å². The molecule has 0 atom stereocenters. The van der Waals surface area contributed by atoms with E-state index >= 15 is 0 Å². The SMILES string of the molecule is NC1(C(=O)N2CCN(C3CC3)C(=O)C2)CC1. The van der Waals surface area contributed by atoms with E-state index in [1.807, 2.05) is 4.90 Å². The Labute approximate surface area is 94.6 Å². The van der Waals surface area contributed by atoms with Gasteiger partial charge in [0.2, 0.25) is 11.8 Å². The first-order chi connectivity index (χ1) is 7.60. The molecule has 5 nitrogen and oxygen atoms in total. The van der Waals surface area contributed by atoms with Crippen molar-refractivity contribution in [1.29, 1.82) is 0 Å². The third-order valence-electron chi connectivity index (χ3n) is 3.75. The van der Waals surface area contributed by atoms with Crippen LogP contribution in [0.15, 0.2) is 0 Å². The number of hydrogen-bond acceptors (Lipinski definition) is 3. The van der Waals surface area contributed by atoms with E-state index in [0.29, 0.717) is 19.1 Å². The van der Waals surface area contributed by atoms with Gasteiger partial charge in [-0.3, -0.25) is 9.59 Å². The molecule has 2 N–H and O–H groups in total. The molecule has 3 aliphatic rings. The van der Waals surface area contributed by atoms with Gasteiger partial charge in [0.25, 0.3) is 0 Å². The zero-order chi connectivity index (χ0) is 11.3. The largest absolute Gasteiger partial charge is 0.336 e. The van der Waals surface area contributed by atoms with Gasteiger partial charge in [0, 0.05) is 19.1 Å². The number of hydrogen-bond donors (Lipinski definition) is 1. The van der Waals surface area contributed by atoms with Gasteiger partial charge in [0.05, 0.1) is 12.1 Å². The van der Waals surface area contributed by atoms with Crippen molar-refractivity contribution >= 4 is 11.8 Å². The molecule has 2 amide bonds. The van der Waals surface area contributed by atoms with Gasteiger partial charge < -0.3 is 15.5 Å². The van der Waals surface area contributed by atoms with Gasteiger partial charge in [-0.25, -0.2) is 0 Å². The molecular formula is C11H17N3O2. The van der Waals surface area contributed by atoms with Gasteiger partial charge in [-0.2, -0.15) is 0 Å². The van der Waals surface area contributed by atoms with E-state index in [1.165, 1.54) is 0 Å². The summed E-state index contributed by atoms with van der Waals surface area (Å²) < 4.78 is 0. The second kappa shape index (κ2) is 3.20. The van der Waals surface area contributed by atoms with Crippen LogP contribution in [-0.4, -0.2) is 52.8 Å². The maximum atomic E-state index is 12.0. The number of carbonyl (C=O) groups excluding carboxylic acids is 2. The summed E-state index contributed by atoms with van der Waals surface area (Å²) >= 11 is 0. The molecule has 1 aliphatic heterocycles. The molecule has 2 aliphatic carbocycles. The molecule has 0 radical (unpaired) electrons. The van der Waals surface area contributed by atoms with Crippen molar-refractivity contribution in [3.8, 4) is 0 Å². The summed E-state index contributed by atoms with van der Waals surface area (Å²) in [6.45, 7) is 1.57. The van der Waals surface area contributed by atoms with Gasteiger partial charge in [0.1, 0.15) is 0 Å². The zero-order valence-electron chi connectivity index (χ0n) is 9.32. The minimum Gasteiger partial charge on any atom is -0.336 e. The van der Waals surface area contributed by atoms with E-state index in [4.69, 9.17) is 5.73 Å². The predicted molar refractivity (Wildman–Crippen MR) is 57.5 cm³/mol. The highest BCUT2D eigenvalue weighted by atomic mass is 16.2. The summed E-state index contributed by atoms with van der Waals surface area (Å²) in [5.74, 6) is 0.0580. The molecule has 0 unspecified atom stereocenters. The van der Waals surface area contributed by atoms with Crippen LogP contribution >= 0.6 is 0 Å². The maximum absolute atomic E-state index is 12.0. The van der Waals surface area contributed by atoms with E-state index in [9.17, 15) is 9.59 Å². The Kier molecular flexibility index (Phi) is 2.01. The molecular weight excluding hydrogens is 206 g/mol. The third kappa shape index (κ3) is 1.59. The van der Waals surface area contributed by atoms with Gasteiger partial charge in [0.15, 0.2) is 0 Å². The monoisotopic (exact) mass is 223 g/mol. The summed E-state index contributed by atoms with van der Waals surface area (Å²) in [5.41, 5.74) is 5.22. The first-order valence-electron chi connectivity index (χ1n) is 5.98. The van der Waals surface area contributed by atoms with Crippen LogP contribution in [0.3, 0.4) is 0 Å². The summed E-state index contributed by atoms with van der Waals surface area (Å²) in [7, 11) is 0. The molecule has 0 aromatic rings. The van der Waals surface area contributed by atoms with Crippen LogP contribution in [0.25, 0.3) is 0 Å². The van der Waals surface area contributed by atoms with Crippen LogP contribution in [0.1, 0.15) is 25.7 Å². The first-order valence-corrected chi connectivity index (χ1v) is 5.98. The number of nitrogens with two attached hydrogens (primary N) is 1. The Morgan fingerprint density at radius 2 is 2.00 bits per heavy atom. The highest BCUT2D eigenvalue weighted by Crippen LogP contribution is 2.35. The molecule has 0 aromatic carbocycles. The van der Waals surface area contributed by atoms with E-state index in [0.717, 1.165) is 25.7 Å². The van der Waals surface area contributed by atoms with Crippen molar-refractivity contribution < 1.29 is 9.59 Å². The fourth-order valence-corrected chi connectivity index (χ4v) is 2.30. The Morgan fingerprint density at radius 3 is 2.50 bits per heavy atom. The third-order valence-corrected chi connectivity index (χ3v) is 3.75. The molecule has 0 spiro atoms. The van der Waals surface area contributed by atoms with Crippen molar-refractivity contribution in [2.45, 2.75) is 37.3 Å². The topological polar surface area (TPSA) is 66.6 Å². The van der Waals surface area contributed by atoms with Crippen LogP contribution in [-0.2, 0) is 9.59 Å². The predicted octanol–water partition coefficient (Wildman–Crippen LogP) is -0.689. The summed E-state index contributed by atoms with van der Waals surface area (Å²) in [5, 5.41) is 0. The van der Waals surface area contributed by atoms with Gasteiger partial charge in [-0.1, -0.05) is 0 Å². The van der Waals surface area contributed by atoms with Crippen molar-refractivity contribution in [3.63, 3.8) is 0 Å². The molecule has 0 bridgehead atoms. The number of rotatable bonds is 2. The standard InChI is InChI=1S/C11H17N3O2/c12-11(3-4-11)10(16)13-5-6-14(8-1-2-8)9(15)7-13/h8H,1-7,12H2. The van der Waals surface area contributed by atoms with Crippen molar-refractivity contribution in [2.75, 3.05) is 19.6 Å². The fraction of sp³-hybridized carbons (Fsp3) is 0.818. The van der Waals surface area contributed by atoms with E-state index in [1.54, 1.807) is 4.90 Å². The number of amides is 2. The van der Waals surface area contributed by atoms with E-state index in [2.05, 4.69) is 0 Å². The fourth-order valence-electron chi connectivity index (χ4n) is 2.30. The van der Waals surface area contributed by atoms with Crippen molar-refractivity contribution in [1.82, 2.24) is 9.80 Å². The molecule has 5 heteroatoms. The smallest absolute Gasteiger partial charge is 0.243 e. The lowest BCUT2D eigenvalue weighted by Gasteiger charge is -2.35. The summed E-state index contributed by atoms with van der Waals surface area (Å²) in [6.07, 6.45) is 3.78. The van der Waals surface area contributed by atoms with E-state index in [-0.39, 0.29) is 18.4 Å². The van der Waals surface area contributed by atoms with Crippen LogP contribution < -0.4 is 5.73 Å². The highest BCUT2D eigenvalue weighted by molar-refractivity contribution is 5.93. The van der Waals surface area contributed by atoms with Crippen LogP contribution in [0.2, 0.25) is 0 Å². The van der Waals surface area contributed by atoms with Gasteiger partial charge in [-0.15, -0.1) is 0 Å². The minimum atomic E-state index is -0.637. The Morgan fingerprint density at radius 1 is 1.31 bits per heavy atom.